The van der Waals surface area contributed by atoms with Gasteiger partial charge in [-0.15, -0.1) is 0 Å². The zero-order valence-electron chi connectivity index (χ0n) is 15.1. The summed E-state index contributed by atoms with van der Waals surface area (Å²) in [7, 11) is -7.14. The Labute approximate surface area is 168 Å². The zero-order valence-corrected chi connectivity index (χ0v) is 18.3. The van der Waals surface area contributed by atoms with Gasteiger partial charge in [-0.1, -0.05) is 6.07 Å². The van der Waals surface area contributed by atoms with Crippen LogP contribution >= 0.6 is 15.9 Å². The molecule has 1 fully saturated rings. The number of benzene rings is 2. The number of aryl methyl sites for hydroxylation is 2. The zero-order chi connectivity index (χ0) is 19.8. The average molecular weight is 473 g/mol. The third kappa shape index (κ3) is 4.30. The van der Waals surface area contributed by atoms with E-state index in [2.05, 4.69) is 20.7 Å². The molecular weight excluding hydrogens is 452 g/mol. The Morgan fingerprint density at radius 3 is 2.44 bits per heavy atom. The van der Waals surface area contributed by atoms with Gasteiger partial charge in [0.25, 0.3) is 10.0 Å². The van der Waals surface area contributed by atoms with Gasteiger partial charge < -0.3 is 0 Å². The first-order chi connectivity index (χ1) is 12.6. The van der Waals surface area contributed by atoms with Gasteiger partial charge in [-0.2, -0.15) is 0 Å². The maximum absolute atomic E-state index is 12.8. The summed E-state index contributed by atoms with van der Waals surface area (Å²) < 4.78 is 54.8. The normalized spacial score (nSPS) is 16.9. The summed E-state index contributed by atoms with van der Waals surface area (Å²) in [6.07, 6.45) is 1.45. The molecule has 0 amide bonds. The lowest BCUT2D eigenvalue weighted by atomic mass is 10.2. The summed E-state index contributed by atoms with van der Waals surface area (Å²) in [4.78, 5) is 0.119. The molecule has 0 spiro atoms. The molecule has 1 N–H and O–H groups in total. The van der Waals surface area contributed by atoms with Crippen LogP contribution in [0.15, 0.2) is 45.8 Å². The summed E-state index contributed by atoms with van der Waals surface area (Å²) >= 11 is 3.37. The van der Waals surface area contributed by atoms with Crippen molar-refractivity contribution in [3.8, 4) is 0 Å². The number of anilines is 2. The minimum atomic E-state index is -3.80. The van der Waals surface area contributed by atoms with Crippen LogP contribution in [0.3, 0.4) is 0 Å². The molecule has 3 rings (SSSR count). The van der Waals surface area contributed by atoms with E-state index in [1.165, 1.54) is 10.4 Å². The molecule has 1 heterocycles. The monoisotopic (exact) mass is 472 g/mol. The van der Waals surface area contributed by atoms with Gasteiger partial charge in [0, 0.05) is 11.0 Å². The second-order valence-electron chi connectivity index (χ2n) is 6.63. The van der Waals surface area contributed by atoms with E-state index in [4.69, 9.17) is 0 Å². The van der Waals surface area contributed by atoms with Crippen LogP contribution in [0.4, 0.5) is 11.4 Å². The molecule has 0 unspecified atom stereocenters. The van der Waals surface area contributed by atoms with Crippen LogP contribution in [0, 0.1) is 13.8 Å². The van der Waals surface area contributed by atoms with Crippen molar-refractivity contribution in [1.29, 1.82) is 0 Å². The number of nitrogens with one attached hydrogen (secondary N) is 1. The lowest BCUT2D eigenvalue weighted by Gasteiger charge is -2.28. The fraction of sp³-hybridized carbons (Fsp3) is 0.333. The van der Waals surface area contributed by atoms with Crippen molar-refractivity contribution in [1.82, 2.24) is 0 Å². The van der Waals surface area contributed by atoms with Gasteiger partial charge in [-0.05, 0) is 84.1 Å². The average Bonchev–Trinajstić information content (AvgIpc) is 2.56. The number of nitrogens with zero attached hydrogens (tertiary/aromatic N) is 1. The van der Waals surface area contributed by atoms with Crippen molar-refractivity contribution in [3.05, 3.63) is 52.0 Å². The van der Waals surface area contributed by atoms with Crippen LogP contribution in [0.25, 0.3) is 0 Å². The highest BCUT2D eigenvalue weighted by Crippen LogP contribution is 2.30. The molecule has 2 aromatic carbocycles. The Hall–Kier alpha value is -1.58. The van der Waals surface area contributed by atoms with Gasteiger partial charge in [0.05, 0.1) is 22.0 Å². The fourth-order valence-electron chi connectivity index (χ4n) is 3.07. The van der Waals surface area contributed by atoms with Gasteiger partial charge in [0.15, 0.2) is 0 Å². The molecule has 1 aliphatic rings. The summed E-state index contributed by atoms with van der Waals surface area (Å²) in [6, 6.07) is 9.96. The van der Waals surface area contributed by atoms with E-state index < -0.39 is 20.0 Å². The number of halogens is 1. The Kier molecular flexibility index (Phi) is 5.56. The first-order valence-corrected chi connectivity index (χ1v) is 12.4. The number of rotatable bonds is 4. The van der Waals surface area contributed by atoms with Crippen molar-refractivity contribution in [2.75, 3.05) is 21.3 Å². The van der Waals surface area contributed by atoms with Crippen molar-refractivity contribution >= 4 is 47.4 Å². The van der Waals surface area contributed by atoms with Gasteiger partial charge in [0.2, 0.25) is 10.0 Å². The number of sulfonamides is 2. The molecule has 1 aliphatic heterocycles. The molecule has 6 nitrogen and oxygen atoms in total. The molecule has 0 saturated carbocycles. The maximum Gasteiger partial charge on any atom is 0.262 e. The highest BCUT2D eigenvalue weighted by Gasteiger charge is 2.27. The van der Waals surface area contributed by atoms with Crippen LogP contribution in [0.5, 0.6) is 0 Å². The molecule has 9 heteroatoms. The molecule has 0 aliphatic carbocycles. The van der Waals surface area contributed by atoms with Gasteiger partial charge in [0.1, 0.15) is 0 Å². The van der Waals surface area contributed by atoms with Gasteiger partial charge in [-0.3, -0.25) is 9.03 Å². The third-order valence-electron chi connectivity index (χ3n) is 4.45. The van der Waals surface area contributed by atoms with E-state index in [0.29, 0.717) is 34.4 Å². The lowest BCUT2D eigenvalue weighted by molar-refractivity contribution is 0.574. The quantitative estimate of drug-likeness (QED) is 0.733. The predicted molar refractivity (Wildman–Crippen MR) is 111 cm³/mol. The lowest BCUT2D eigenvalue weighted by Crippen LogP contribution is -2.37. The van der Waals surface area contributed by atoms with E-state index in [1.807, 2.05) is 19.1 Å². The van der Waals surface area contributed by atoms with Crippen molar-refractivity contribution in [2.24, 2.45) is 0 Å². The first kappa shape index (κ1) is 20.2. The Balaban J connectivity index is 1.93. The summed E-state index contributed by atoms with van der Waals surface area (Å²) in [5, 5.41) is 0. The largest absolute Gasteiger partial charge is 0.278 e. The molecule has 146 valence electrons. The van der Waals surface area contributed by atoms with E-state index in [1.54, 1.807) is 25.1 Å². The topological polar surface area (TPSA) is 83.6 Å². The molecule has 0 aromatic heterocycles. The van der Waals surface area contributed by atoms with Crippen LogP contribution in [0.1, 0.15) is 24.0 Å². The summed E-state index contributed by atoms with van der Waals surface area (Å²) in [6.45, 7) is 4.00. The van der Waals surface area contributed by atoms with E-state index >= 15 is 0 Å². The minimum Gasteiger partial charge on any atom is -0.278 e. The number of hydrogen-bond acceptors (Lipinski definition) is 4. The van der Waals surface area contributed by atoms with E-state index in [-0.39, 0.29) is 10.6 Å². The minimum absolute atomic E-state index is 0.119. The van der Waals surface area contributed by atoms with Crippen LogP contribution in [0.2, 0.25) is 0 Å². The number of hydrogen-bond donors (Lipinski definition) is 1. The molecule has 0 radical (unpaired) electrons. The smallest absolute Gasteiger partial charge is 0.262 e. The van der Waals surface area contributed by atoms with E-state index in [9.17, 15) is 16.8 Å². The molecule has 0 atom stereocenters. The summed E-state index contributed by atoms with van der Waals surface area (Å²) in [5.74, 6) is 0.120. The molecule has 2 aromatic rings. The highest BCUT2D eigenvalue weighted by molar-refractivity contribution is 9.10. The van der Waals surface area contributed by atoms with Gasteiger partial charge in [-0.25, -0.2) is 16.8 Å². The van der Waals surface area contributed by atoms with Crippen LogP contribution in [-0.4, -0.2) is 29.1 Å². The Morgan fingerprint density at radius 2 is 1.81 bits per heavy atom. The first-order valence-electron chi connectivity index (χ1n) is 8.50. The molecular formula is C18H21BrN2O4S2. The second kappa shape index (κ2) is 7.44. The predicted octanol–water partition coefficient (Wildman–Crippen LogP) is 3.80. The summed E-state index contributed by atoms with van der Waals surface area (Å²) in [5.41, 5.74) is 2.45. The fourth-order valence-corrected chi connectivity index (χ4v) is 6.73. The Morgan fingerprint density at radius 1 is 1.07 bits per heavy atom. The second-order valence-corrected chi connectivity index (χ2v) is 11.2. The van der Waals surface area contributed by atoms with E-state index in [0.717, 1.165) is 12.0 Å². The molecule has 0 bridgehead atoms. The molecule has 1 saturated heterocycles. The van der Waals surface area contributed by atoms with Crippen LogP contribution < -0.4 is 9.03 Å². The molecule has 27 heavy (non-hydrogen) atoms. The SMILES string of the molecule is Cc1ccc(NS(=O)(=O)c2ccc(N3CCCCS3(=O)=O)cc2C)c(Br)c1. The van der Waals surface area contributed by atoms with Gasteiger partial charge >= 0.3 is 0 Å². The third-order valence-corrected chi connectivity index (χ3v) is 8.51. The van der Waals surface area contributed by atoms with Crippen molar-refractivity contribution in [3.63, 3.8) is 0 Å². The Bertz CT molecular complexity index is 1080. The van der Waals surface area contributed by atoms with Crippen LogP contribution in [-0.2, 0) is 20.0 Å². The standard InChI is InChI=1S/C18H21BrN2O4S2/c1-13-5-7-17(16(19)11-13)20-27(24,25)18-8-6-15(12-14(18)2)21-9-3-4-10-26(21,22)23/h5-8,11-12,20H,3-4,9-10H2,1-2H3. The van der Waals surface area contributed by atoms with Crippen molar-refractivity contribution in [2.45, 2.75) is 31.6 Å². The highest BCUT2D eigenvalue weighted by atomic mass is 79.9. The maximum atomic E-state index is 12.8. The van der Waals surface area contributed by atoms with Crippen molar-refractivity contribution < 1.29 is 16.8 Å².